The smallest absolute Gasteiger partial charge is 0.268 e. The summed E-state index contributed by atoms with van der Waals surface area (Å²) in [7, 11) is 0. The van der Waals surface area contributed by atoms with E-state index < -0.39 is 5.91 Å². The number of hydrogen-bond donors (Lipinski definition) is 1. The number of hydrogen-bond acceptors (Lipinski definition) is 2. The van der Waals surface area contributed by atoms with Crippen molar-refractivity contribution in [2.45, 2.75) is 20.4 Å². The van der Waals surface area contributed by atoms with Gasteiger partial charge in [0.25, 0.3) is 11.5 Å². The maximum atomic E-state index is 12.9. The van der Waals surface area contributed by atoms with Crippen LogP contribution in [0.5, 0.6) is 0 Å². The Morgan fingerprint density at radius 1 is 1.04 bits per heavy atom. The van der Waals surface area contributed by atoms with Crippen LogP contribution in [0.4, 0.5) is 0 Å². The van der Waals surface area contributed by atoms with Gasteiger partial charge in [-0.25, -0.2) is 0 Å². The summed E-state index contributed by atoms with van der Waals surface area (Å²) < 4.78 is 1.56. The first-order valence-corrected chi connectivity index (χ1v) is 8.66. The molecule has 1 amide bonds. The Balaban J connectivity index is 1.90. The molecule has 132 valence electrons. The molecule has 0 spiro atoms. The summed E-state index contributed by atoms with van der Waals surface area (Å²) in [6.45, 7) is 4.11. The second-order valence-electron chi connectivity index (χ2n) is 6.18. The van der Waals surface area contributed by atoms with Crippen LogP contribution < -0.4 is 10.9 Å². The molecule has 0 aliphatic carbocycles. The maximum Gasteiger partial charge on any atom is 0.268 e. The summed E-state index contributed by atoms with van der Waals surface area (Å²) in [4.78, 5) is 25.4. The Kier molecular flexibility index (Phi) is 5.24. The fourth-order valence-corrected chi connectivity index (χ4v) is 3.03. The van der Waals surface area contributed by atoms with Gasteiger partial charge < -0.3 is 5.32 Å². The fraction of sp³-hybridized carbons (Fsp3) is 0.143. The van der Waals surface area contributed by atoms with Gasteiger partial charge in [-0.15, -0.1) is 0 Å². The van der Waals surface area contributed by atoms with Crippen LogP contribution in [0.2, 0.25) is 5.02 Å². The SMILES string of the molecule is Cc1cccc(-n2c(C)ccc(C(=O)NCc3cccc(Cl)c3)c2=O)c1. The molecule has 0 aliphatic rings. The molecule has 0 atom stereocenters. The second kappa shape index (κ2) is 7.58. The van der Waals surface area contributed by atoms with E-state index in [4.69, 9.17) is 11.6 Å². The first-order valence-electron chi connectivity index (χ1n) is 8.28. The van der Waals surface area contributed by atoms with Crippen molar-refractivity contribution in [3.8, 4) is 5.69 Å². The van der Waals surface area contributed by atoms with E-state index in [2.05, 4.69) is 5.32 Å². The van der Waals surface area contributed by atoms with Gasteiger partial charge in [0.05, 0.1) is 0 Å². The molecule has 0 fully saturated rings. The van der Waals surface area contributed by atoms with Crippen LogP contribution in [0.1, 0.15) is 27.2 Å². The molecule has 1 aromatic heterocycles. The molecule has 0 unspecified atom stereocenters. The molecule has 0 radical (unpaired) electrons. The quantitative estimate of drug-likeness (QED) is 0.757. The number of benzene rings is 2. The number of amides is 1. The Morgan fingerprint density at radius 3 is 2.54 bits per heavy atom. The standard InChI is InChI=1S/C21H19ClN2O2/c1-14-5-3-8-18(11-14)24-15(2)9-10-19(21(24)26)20(25)23-13-16-6-4-7-17(22)12-16/h3-12H,13H2,1-2H3,(H,23,25). The minimum Gasteiger partial charge on any atom is -0.348 e. The molecular weight excluding hydrogens is 348 g/mol. The Hall–Kier alpha value is -2.85. The van der Waals surface area contributed by atoms with Gasteiger partial charge in [0.15, 0.2) is 0 Å². The average molecular weight is 367 g/mol. The summed E-state index contributed by atoms with van der Waals surface area (Å²) in [5.41, 5.74) is 3.21. The van der Waals surface area contributed by atoms with E-state index >= 15 is 0 Å². The van der Waals surface area contributed by atoms with Crippen LogP contribution >= 0.6 is 11.6 Å². The summed E-state index contributed by atoms with van der Waals surface area (Å²) in [5.74, 6) is -0.406. The van der Waals surface area contributed by atoms with Crippen molar-refractivity contribution < 1.29 is 4.79 Å². The van der Waals surface area contributed by atoms with Crippen LogP contribution in [0.25, 0.3) is 5.69 Å². The molecule has 0 saturated heterocycles. The Labute approximate surface area is 157 Å². The van der Waals surface area contributed by atoms with Gasteiger partial charge in [-0.3, -0.25) is 14.2 Å². The lowest BCUT2D eigenvalue weighted by Crippen LogP contribution is -2.33. The highest BCUT2D eigenvalue weighted by molar-refractivity contribution is 6.30. The highest BCUT2D eigenvalue weighted by Gasteiger charge is 2.14. The van der Waals surface area contributed by atoms with Crippen LogP contribution in [-0.2, 0) is 6.54 Å². The molecule has 3 aromatic rings. The summed E-state index contributed by atoms with van der Waals surface area (Å²) in [5, 5.41) is 3.39. The summed E-state index contributed by atoms with van der Waals surface area (Å²) >= 11 is 5.96. The number of halogens is 1. The van der Waals surface area contributed by atoms with Gasteiger partial charge >= 0.3 is 0 Å². The third-order valence-corrected chi connectivity index (χ3v) is 4.36. The first kappa shape index (κ1) is 18.0. The van der Waals surface area contributed by atoms with E-state index in [1.165, 1.54) is 0 Å². The van der Waals surface area contributed by atoms with Crippen LogP contribution in [0.3, 0.4) is 0 Å². The average Bonchev–Trinajstić information content (AvgIpc) is 2.60. The number of nitrogens with one attached hydrogen (secondary N) is 1. The number of nitrogens with zero attached hydrogens (tertiary/aromatic N) is 1. The van der Waals surface area contributed by atoms with Crippen molar-refractivity contribution in [2.75, 3.05) is 0 Å². The largest absolute Gasteiger partial charge is 0.348 e. The number of pyridine rings is 1. The van der Waals surface area contributed by atoms with Crippen molar-refractivity contribution in [3.63, 3.8) is 0 Å². The van der Waals surface area contributed by atoms with Crippen molar-refractivity contribution in [1.29, 1.82) is 0 Å². The highest BCUT2D eigenvalue weighted by atomic mass is 35.5. The second-order valence-corrected chi connectivity index (χ2v) is 6.62. The molecule has 3 rings (SSSR count). The van der Waals surface area contributed by atoms with Crippen molar-refractivity contribution in [3.05, 3.63) is 98.4 Å². The lowest BCUT2D eigenvalue weighted by Gasteiger charge is -2.13. The van der Waals surface area contributed by atoms with Crippen molar-refractivity contribution >= 4 is 17.5 Å². The van der Waals surface area contributed by atoms with E-state index in [1.54, 1.807) is 28.8 Å². The van der Waals surface area contributed by atoms with Gasteiger partial charge in [0.1, 0.15) is 5.56 Å². The van der Waals surface area contributed by atoms with Gasteiger partial charge in [-0.2, -0.15) is 0 Å². The minimum absolute atomic E-state index is 0.110. The third-order valence-electron chi connectivity index (χ3n) is 4.12. The van der Waals surface area contributed by atoms with Crippen molar-refractivity contribution in [2.24, 2.45) is 0 Å². The maximum absolute atomic E-state index is 12.9. The van der Waals surface area contributed by atoms with Gasteiger partial charge in [-0.1, -0.05) is 35.9 Å². The highest BCUT2D eigenvalue weighted by Crippen LogP contribution is 2.12. The van der Waals surface area contributed by atoms with Crippen LogP contribution in [-0.4, -0.2) is 10.5 Å². The third kappa shape index (κ3) is 3.86. The van der Waals surface area contributed by atoms with Crippen molar-refractivity contribution in [1.82, 2.24) is 9.88 Å². The first-order chi connectivity index (χ1) is 12.5. The summed E-state index contributed by atoms with van der Waals surface area (Å²) in [6.07, 6.45) is 0. The molecule has 5 heteroatoms. The molecule has 2 aromatic carbocycles. The normalized spacial score (nSPS) is 10.6. The summed E-state index contributed by atoms with van der Waals surface area (Å²) in [6, 6.07) is 18.2. The van der Waals surface area contributed by atoms with E-state index in [0.717, 1.165) is 22.5 Å². The molecule has 1 N–H and O–H groups in total. The number of carbonyl (C=O) groups is 1. The molecular formula is C21H19ClN2O2. The van der Waals surface area contributed by atoms with Gasteiger partial charge in [0.2, 0.25) is 0 Å². The zero-order valence-electron chi connectivity index (χ0n) is 14.6. The lowest BCUT2D eigenvalue weighted by molar-refractivity contribution is 0.0949. The molecule has 4 nitrogen and oxygen atoms in total. The van der Waals surface area contributed by atoms with Crippen LogP contribution in [0, 0.1) is 13.8 Å². The molecule has 0 bridgehead atoms. The zero-order chi connectivity index (χ0) is 18.7. The molecule has 1 heterocycles. The monoisotopic (exact) mass is 366 g/mol. The van der Waals surface area contributed by atoms with E-state index in [9.17, 15) is 9.59 Å². The number of aromatic nitrogens is 1. The molecule has 26 heavy (non-hydrogen) atoms. The van der Waals surface area contributed by atoms with E-state index in [1.807, 2.05) is 50.2 Å². The Bertz CT molecular complexity index is 1020. The molecule has 0 aliphatic heterocycles. The van der Waals surface area contributed by atoms with E-state index in [-0.39, 0.29) is 11.1 Å². The Morgan fingerprint density at radius 2 is 1.81 bits per heavy atom. The lowest BCUT2D eigenvalue weighted by atomic mass is 10.1. The predicted molar refractivity (Wildman–Crippen MR) is 104 cm³/mol. The topological polar surface area (TPSA) is 51.1 Å². The zero-order valence-corrected chi connectivity index (χ0v) is 15.4. The predicted octanol–water partition coefficient (Wildman–Crippen LogP) is 4.04. The fourth-order valence-electron chi connectivity index (χ4n) is 2.82. The van der Waals surface area contributed by atoms with E-state index in [0.29, 0.717) is 11.6 Å². The van der Waals surface area contributed by atoms with Gasteiger partial charge in [0, 0.05) is 22.9 Å². The van der Waals surface area contributed by atoms with Crippen LogP contribution in [0.15, 0.2) is 65.5 Å². The minimum atomic E-state index is -0.406. The van der Waals surface area contributed by atoms with Gasteiger partial charge in [-0.05, 0) is 61.4 Å². The number of rotatable bonds is 4. The molecule has 0 saturated carbocycles. The number of carbonyl (C=O) groups excluding carboxylic acids is 1. The number of aryl methyl sites for hydroxylation is 2.